The normalized spacial score (nSPS) is 10.9. The van der Waals surface area contributed by atoms with E-state index in [-0.39, 0.29) is 0 Å². The van der Waals surface area contributed by atoms with Crippen LogP contribution in [-0.2, 0) is 6.54 Å². The second kappa shape index (κ2) is 4.97. The predicted molar refractivity (Wildman–Crippen MR) is 78.8 cm³/mol. The van der Waals surface area contributed by atoms with Gasteiger partial charge in [0.25, 0.3) is 0 Å². The zero-order chi connectivity index (χ0) is 14.1. The third-order valence-corrected chi connectivity index (χ3v) is 3.40. The average molecular weight is 289 g/mol. The number of hydrogen-bond acceptors (Lipinski definition) is 5. The molecule has 20 heavy (non-hydrogen) atoms. The third-order valence-electron chi connectivity index (χ3n) is 3.04. The van der Waals surface area contributed by atoms with E-state index >= 15 is 0 Å². The van der Waals surface area contributed by atoms with E-state index in [1.165, 1.54) is 0 Å². The monoisotopic (exact) mass is 288 g/mol. The van der Waals surface area contributed by atoms with Crippen molar-refractivity contribution in [3.05, 3.63) is 47.5 Å². The maximum Gasteiger partial charge on any atom is 0.203 e. The van der Waals surface area contributed by atoms with Crippen molar-refractivity contribution in [2.45, 2.75) is 6.54 Å². The van der Waals surface area contributed by atoms with Gasteiger partial charge in [-0.1, -0.05) is 11.6 Å². The molecule has 0 aliphatic heterocycles. The number of anilines is 2. The van der Waals surface area contributed by atoms with Crippen LogP contribution in [0.3, 0.4) is 0 Å². The van der Waals surface area contributed by atoms with Crippen molar-refractivity contribution in [3.8, 4) is 0 Å². The lowest BCUT2D eigenvalue weighted by Gasteiger charge is -2.19. The van der Waals surface area contributed by atoms with Crippen LogP contribution >= 0.6 is 11.6 Å². The lowest BCUT2D eigenvalue weighted by molar-refractivity contribution is 0.892. The van der Waals surface area contributed by atoms with Gasteiger partial charge in [0, 0.05) is 36.7 Å². The fourth-order valence-electron chi connectivity index (χ4n) is 2.06. The second-order valence-electron chi connectivity index (χ2n) is 4.52. The second-order valence-corrected chi connectivity index (χ2v) is 4.93. The van der Waals surface area contributed by atoms with E-state index in [0.717, 1.165) is 11.4 Å². The molecule has 0 spiro atoms. The van der Waals surface area contributed by atoms with Gasteiger partial charge in [-0.2, -0.15) is 0 Å². The van der Waals surface area contributed by atoms with Crippen LogP contribution in [0.15, 0.2) is 36.9 Å². The van der Waals surface area contributed by atoms with Crippen LogP contribution in [0.2, 0.25) is 5.02 Å². The molecule has 0 aliphatic carbocycles. The molecule has 6 nitrogen and oxygen atoms in total. The first-order chi connectivity index (χ1) is 9.65. The number of halogens is 1. The summed E-state index contributed by atoms with van der Waals surface area (Å²) in [5.41, 5.74) is 8.13. The van der Waals surface area contributed by atoms with Crippen LogP contribution in [0.4, 0.5) is 11.5 Å². The topological polar surface area (TPSA) is 72.3 Å². The Bertz CT molecular complexity index is 753. The minimum Gasteiger partial charge on any atom is -0.399 e. The van der Waals surface area contributed by atoms with Crippen LogP contribution in [-0.4, -0.2) is 26.6 Å². The zero-order valence-corrected chi connectivity index (χ0v) is 11.6. The Hall–Kier alpha value is -2.34. The maximum absolute atomic E-state index is 6.19. The SMILES string of the molecule is CN(Cc1cc(N)ccc1Cl)c1nccn2cnnc12. The van der Waals surface area contributed by atoms with Crippen molar-refractivity contribution < 1.29 is 0 Å². The molecule has 0 aliphatic rings. The van der Waals surface area contributed by atoms with Gasteiger partial charge in [0.1, 0.15) is 6.33 Å². The summed E-state index contributed by atoms with van der Waals surface area (Å²) >= 11 is 6.19. The highest BCUT2D eigenvalue weighted by Gasteiger charge is 2.12. The molecule has 0 saturated heterocycles. The fourth-order valence-corrected chi connectivity index (χ4v) is 2.24. The molecular formula is C13H13ClN6. The van der Waals surface area contributed by atoms with Crippen LogP contribution < -0.4 is 10.6 Å². The molecule has 2 aromatic heterocycles. The summed E-state index contributed by atoms with van der Waals surface area (Å²) in [7, 11) is 1.93. The average Bonchev–Trinajstić information content (AvgIpc) is 2.91. The summed E-state index contributed by atoms with van der Waals surface area (Å²) in [5.74, 6) is 0.739. The Labute approximate surface area is 120 Å². The largest absolute Gasteiger partial charge is 0.399 e. The Morgan fingerprint density at radius 3 is 3.10 bits per heavy atom. The van der Waals surface area contributed by atoms with Gasteiger partial charge in [0.2, 0.25) is 5.65 Å². The molecule has 2 N–H and O–H groups in total. The molecule has 0 bridgehead atoms. The van der Waals surface area contributed by atoms with Crippen molar-refractivity contribution in [2.24, 2.45) is 0 Å². The van der Waals surface area contributed by atoms with E-state index in [0.29, 0.717) is 22.9 Å². The number of nitrogens with two attached hydrogens (primary N) is 1. The van der Waals surface area contributed by atoms with Gasteiger partial charge >= 0.3 is 0 Å². The van der Waals surface area contributed by atoms with Crippen LogP contribution in [0.5, 0.6) is 0 Å². The summed E-state index contributed by atoms with van der Waals surface area (Å²) in [4.78, 5) is 6.32. The van der Waals surface area contributed by atoms with Gasteiger partial charge in [-0.25, -0.2) is 4.98 Å². The van der Waals surface area contributed by atoms with Crippen molar-refractivity contribution in [1.29, 1.82) is 0 Å². The number of aromatic nitrogens is 4. The molecule has 0 radical (unpaired) electrons. The van der Waals surface area contributed by atoms with Gasteiger partial charge in [0.05, 0.1) is 0 Å². The highest BCUT2D eigenvalue weighted by Crippen LogP contribution is 2.23. The minimum absolute atomic E-state index is 0.587. The lowest BCUT2D eigenvalue weighted by Crippen LogP contribution is -2.19. The molecule has 0 atom stereocenters. The molecule has 0 saturated carbocycles. The minimum atomic E-state index is 0.587. The van der Waals surface area contributed by atoms with Gasteiger partial charge in [-0.15, -0.1) is 10.2 Å². The Balaban J connectivity index is 1.95. The highest BCUT2D eigenvalue weighted by molar-refractivity contribution is 6.31. The lowest BCUT2D eigenvalue weighted by atomic mass is 10.2. The molecule has 7 heteroatoms. The maximum atomic E-state index is 6.19. The van der Waals surface area contributed by atoms with Gasteiger partial charge in [-0.05, 0) is 23.8 Å². The number of benzene rings is 1. The van der Waals surface area contributed by atoms with Crippen LogP contribution in [0.1, 0.15) is 5.56 Å². The summed E-state index contributed by atoms with van der Waals surface area (Å²) in [6.45, 7) is 0.587. The zero-order valence-electron chi connectivity index (χ0n) is 10.9. The Morgan fingerprint density at radius 1 is 1.40 bits per heavy atom. The van der Waals surface area contributed by atoms with E-state index in [1.54, 1.807) is 30.9 Å². The van der Waals surface area contributed by atoms with Crippen molar-refractivity contribution >= 4 is 28.8 Å². The predicted octanol–water partition coefficient (Wildman–Crippen LogP) is 2.00. The number of rotatable bonds is 3. The van der Waals surface area contributed by atoms with Crippen molar-refractivity contribution in [3.63, 3.8) is 0 Å². The smallest absolute Gasteiger partial charge is 0.203 e. The van der Waals surface area contributed by atoms with E-state index in [1.807, 2.05) is 22.4 Å². The van der Waals surface area contributed by atoms with E-state index in [2.05, 4.69) is 15.2 Å². The molecule has 1 aromatic carbocycles. The standard InChI is InChI=1S/C13H13ClN6/c1-19(7-9-6-10(15)2-3-11(9)14)12-13-18-17-8-20(13)5-4-16-12/h2-6,8H,7,15H2,1H3. The summed E-state index contributed by atoms with van der Waals surface area (Å²) in [5, 5.41) is 8.64. The number of nitrogen functional groups attached to an aromatic ring is 1. The molecular weight excluding hydrogens is 276 g/mol. The summed E-state index contributed by atoms with van der Waals surface area (Å²) < 4.78 is 1.82. The third kappa shape index (κ3) is 2.25. The van der Waals surface area contributed by atoms with Gasteiger partial charge < -0.3 is 10.6 Å². The van der Waals surface area contributed by atoms with E-state index in [9.17, 15) is 0 Å². The van der Waals surface area contributed by atoms with Crippen LogP contribution in [0.25, 0.3) is 5.65 Å². The molecule has 0 fully saturated rings. The van der Waals surface area contributed by atoms with E-state index < -0.39 is 0 Å². The van der Waals surface area contributed by atoms with Gasteiger partial charge in [-0.3, -0.25) is 4.40 Å². The quantitative estimate of drug-likeness (QED) is 0.746. The molecule has 3 aromatic rings. The first-order valence-corrected chi connectivity index (χ1v) is 6.42. The fraction of sp³-hybridized carbons (Fsp3) is 0.154. The van der Waals surface area contributed by atoms with E-state index in [4.69, 9.17) is 17.3 Å². The summed E-state index contributed by atoms with van der Waals surface area (Å²) in [6, 6.07) is 5.44. The summed E-state index contributed by atoms with van der Waals surface area (Å²) in [6.07, 6.45) is 5.16. The Morgan fingerprint density at radius 2 is 2.25 bits per heavy atom. The Kier molecular flexibility index (Phi) is 3.15. The van der Waals surface area contributed by atoms with Crippen molar-refractivity contribution in [1.82, 2.24) is 19.6 Å². The molecule has 0 unspecified atom stereocenters. The molecule has 3 rings (SSSR count). The number of hydrogen-bond donors (Lipinski definition) is 1. The number of fused-ring (bicyclic) bond motifs is 1. The first-order valence-electron chi connectivity index (χ1n) is 6.04. The van der Waals surface area contributed by atoms with Crippen LogP contribution in [0, 0.1) is 0 Å². The molecule has 2 heterocycles. The number of nitrogens with zero attached hydrogens (tertiary/aromatic N) is 5. The first kappa shape index (κ1) is 12.7. The van der Waals surface area contributed by atoms with Gasteiger partial charge in [0.15, 0.2) is 5.82 Å². The molecule has 0 amide bonds. The highest BCUT2D eigenvalue weighted by atomic mass is 35.5. The van der Waals surface area contributed by atoms with Crippen molar-refractivity contribution in [2.75, 3.05) is 17.7 Å². The molecule has 102 valence electrons.